The predicted molar refractivity (Wildman–Crippen MR) is 165 cm³/mol. The van der Waals surface area contributed by atoms with E-state index in [0.717, 1.165) is 81.3 Å². The van der Waals surface area contributed by atoms with Crippen molar-refractivity contribution in [3.05, 3.63) is 76.9 Å². The summed E-state index contributed by atoms with van der Waals surface area (Å²) in [6.07, 6.45) is 4.77. The highest BCUT2D eigenvalue weighted by Gasteiger charge is 2.25. The topological polar surface area (TPSA) is 81.2 Å². The summed E-state index contributed by atoms with van der Waals surface area (Å²) in [6.45, 7) is 8.19. The number of methoxy groups -OCH3 is 2. The first-order valence-corrected chi connectivity index (χ1v) is 14.8. The third kappa shape index (κ3) is 8.78. The molecular weight excluding hydrogens is 516 g/mol. The summed E-state index contributed by atoms with van der Waals surface area (Å²) in [7, 11) is 3.36. The molecule has 41 heavy (non-hydrogen) atoms. The minimum Gasteiger partial charge on any atom is -0.508 e. The number of phenols is 1. The second-order valence-electron chi connectivity index (χ2n) is 10.7. The zero-order valence-corrected chi connectivity index (χ0v) is 25.0. The fraction of sp³-hybridized carbons (Fsp3) is 0.471. The van der Waals surface area contributed by atoms with E-state index in [0.29, 0.717) is 18.3 Å². The van der Waals surface area contributed by atoms with Gasteiger partial charge in [0.1, 0.15) is 18.1 Å². The molecule has 0 heterocycles. The van der Waals surface area contributed by atoms with Crippen LogP contribution in [0.25, 0.3) is 0 Å². The Labute approximate surface area is 245 Å². The van der Waals surface area contributed by atoms with E-state index >= 15 is 0 Å². The van der Waals surface area contributed by atoms with Crippen LogP contribution in [0.15, 0.2) is 54.6 Å². The highest BCUT2D eigenvalue weighted by Crippen LogP contribution is 2.42. The molecular formula is C34H46N2O5. The van der Waals surface area contributed by atoms with E-state index < -0.39 is 0 Å². The lowest BCUT2D eigenvalue weighted by atomic mass is 9.79. The van der Waals surface area contributed by atoms with Gasteiger partial charge in [-0.1, -0.05) is 18.2 Å². The third-order valence-corrected chi connectivity index (χ3v) is 7.67. The first-order valence-electron chi connectivity index (χ1n) is 14.8. The molecule has 3 aromatic rings. The standard InChI is InChI=1S/C34H46N2O5/c1-5-40-17-6-15-35-16-18-41-30-13-7-25(8-14-30)19-24(2)36-32-23-34(39-4)33(38-3)22-31(32)28-10-9-27-21-29(37)12-11-26(27)20-28/h7-8,11-14,21-24,28,35-37H,5-6,9-10,15-20H2,1-4H3. The number of aromatic hydroxyl groups is 1. The lowest BCUT2D eigenvalue weighted by Crippen LogP contribution is -2.23. The van der Waals surface area contributed by atoms with Crippen molar-refractivity contribution in [1.82, 2.24) is 5.32 Å². The Bertz CT molecular complexity index is 1230. The number of rotatable bonds is 16. The summed E-state index contributed by atoms with van der Waals surface area (Å²) < 4.78 is 22.6. The van der Waals surface area contributed by atoms with Gasteiger partial charge in [0.15, 0.2) is 11.5 Å². The van der Waals surface area contributed by atoms with Crippen molar-refractivity contribution in [2.24, 2.45) is 0 Å². The summed E-state index contributed by atoms with van der Waals surface area (Å²) >= 11 is 0. The molecule has 3 aromatic carbocycles. The molecule has 0 aliphatic heterocycles. The lowest BCUT2D eigenvalue weighted by Gasteiger charge is -2.29. The molecule has 0 radical (unpaired) electrons. The Morgan fingerprint density at radius 3 is 2.46 bits per heavy atom. The lowest BCUT2D eigenvalue weighted by molar-refractivity contribution is 0.144. The molecule has 0 aromatic heterocycles. The van der Waals surface area contributed by atoms with Gasteiger partial charge in [0, 0.05) is 37.6 Å². The predicted octanol–water partition coefficient (Wildman–Crippen LogP) is 6.12. The van der Waals surface area contributed by atoms with Gasteiger partial charge in [0.2, 0.25) is 0 Å². The average molecular weight is 563 g/mol. The summed E-state index contributed by atoms with van der Waals surface area (Å²) in [5, 5.41) is 17.1. The number of anilines is 1. The molecule has 2 unspecified atom stereocenters. The van der Waals surface area contributed by atoms with E-state index in [1.54, 1.807) is 20.3 Å². The minimum atomic E-state index is 0.201. The van der Waals surface area contributed by atoms with Crippen molar-refractivity contribution in [3.8, 4) is 23.0 Å². The van der Waals surface area contributed by atoms with Crippen molar-refractivity contribution in [3.63, 3.8) is 0 Å². The van der Waals surface area contributed by atoms with Gasteiger partial charge in [-0.15, -0.1) is 0 Å². The summed E-state index contributed by atoms with van der Waals surface area (Å²) in [4.78, 5) is 0. The van der Waals surface area contributed by atoms with Crippen molar-refractivity contribution in [2.75, 3.05) is 52.4 Å². The molecule has 0 fully saturated rings. The zero-order chi connectivity index (χ0) is 29.0. The highest BCUT2D eigenvalue weighted by atomic mass is 16.5. The first kappa shape index (κ1) is 30.5. The van der Waals surface area contributed by atoms with Crippen LogP contribution in [0.2, 0.25) is 0 Å². The normalized spacial score (nSPS) is 15.2. The summed E-state index contributed by atoms with van der Waals surface area (Å²) in [6, 6.07) is 18.5. The van der Waals surface area contributed by atoms with Gasteiger partial charge in [0.25, 0.3) is 0 Å². The Morgan fingerprint density at radius 1 is 0.927 bits per heavy atom. The molecule has 0 saturated heterocycles. The molecule has 222 valence electrons. The van der Waals surface area contributed by atoms with Crippen molar-refractivity contribution in [2.45, 2.75) is 57.9 Å². The number of ether oxygens (including phenoxy) is 4. The van der Waals surface area contributed by atoms with Gasteiger partial charge in [-0.2, -0.15) is 0 Å². The maximum atomic E-state index is 9.91. The fourth-order valence-corrected chi connectivity index (χ4v) is 5.57. The van der Waals surface area contributed by atoms with E-state index in [1.807, 2.05) is 13.0 Å². The van der Waals surface area contributed by atoms with Crippen LogP contribution in [0.5, 0.6) is 23.0 Å². The monoisotopic (exact) mass is 562 g/mol. The Kier molecular flexibility index (Phi) is 11.6. The molecule has 0 spiro atoms. The number of hydrogen-bond donors (Lipinski definition) is 3. The van der Waals surface area contributed by atoms with Crippen LogP contribution in [0.4, 0.5) is 5.69 Å². The zero-order valence-electron chi connectivity index (χ0n) is 25.0. The Balaban J connectivity index is 1.36. The molecule has 1 aliphatic carbocycles. The number of aryl methyl sites for hydroxylation is 1. The Hall–Kier alpha value is -3.42. The van der Waals surface area contributed by atoms with E-state index in [4.69, 9.17) is 18.9 Å². The van der Waals surface area contributed by atoms with E-state index in [2.05, 4.69) is 60.0 Å². The van der Waals surface area contributed by atoms with E-state index in [-0.39, 0.29) is 6.04 Å². The minimum absolute atomic E-state index is 0.201. The van der Waals surface area contributed by atoms with Crippen LogP contribution in [-0.2, 0) is 24.0 Å². The van der Waals surface area contributed by atoms with Crippen LogP contribution in [0.3, 0.4) is 0 Å². The largest absolute Gasteiger partial charge is 0.508 e. The van der Waals surface area contributed by atoms with Gasteiger partial charge in [-0.3, -0.25) is 0 Å². The molecule has 2 atom stereocenters. The SMILES string of the molecule is CCOCCCNCCOc1ccc(CC(C)Nc2cc(OC)c(OC)cc2C2CCc3cc(O)ccc3C2)cc1. The molecule has 3 N–H and O–H groups in total. The summed E-state index contributed by atoms with van der Waals surface area (Å²) in [5.74, 6) is 3.03. The number of phenolic OH excluding ortho intramolecular Hbond substituents is 1. The van der Waals surface area contributed by atoms with Gasteiger partial charge in [0.05, 0.1) is 14.2 Å². The number of hydrogen-bond acceptors (Lipinski definition) is 7. The molecule has 4 rings (SSSR count). The molecule has 0 bridgehead atoms. The average Bonchev–Trinajstić information content (AvgIpc) is 2.98. The molecule has 7 nitrogen and oxygen atoms in total. The first-order chi connectivity index (χ1) is 20.0. The Morgan fingerprint density at radius 2 is 1.71 bits per heavy atom. The second kappa shape index (κ2) is 15.5. The number of benzene rings is 3. The molecule has 0 amide bonds. The molecule has 7 heteroatoms. The van der Waals surface area contributed by atoms with Gasteiger partial charge >= 0.3 is 0 Å². The third-order valence-electron chi connectivity index (χ3n) is 7.67. The van der Waals surface area contributed by atoms with Crippen LogP contribution >= 0.6 is 0 Å². The van der Waals surface area contributed by atoms with Gasteiger partial charge < -0.3 is 34.7 Å². The smallest absolute Gasteiger partial charge is 0.162 e. The van der Waals surface area contributed by atoms with Crippen LogP contribution in [-0.4, -0.2) is 58.3 Å². The summed E-state index contributed by atoms with van der Waals surface area (Å²) in [5.41, 5.74) is 6.11. The van der Waals surface area contributed by atoms with Crippen LogP contribution < -0.4 is 24.8 Å². The van der Waals surface area contributed by atoms with Crippen molar-refractivity contribution < 1.29 is 24.1 Å². The molecule has 1 aliphatic rings. The van der Waals surface area contributed by atoms with Crippen LogP contribution in [0, 0.1) is 0 Å². The number of nitrogens with one attached hydrogen (secondary N) is 2. The maximum absolute atomic E-state index is 9.91. The van der Waals surface area contributed by atoms with Crippen LogP contribution in [0.1, 0.15) is 54.9 Å². The number of fused-ring (bicyclic) bond motifs is 1. The highest BCUT2D eigenvalue weighted by molar-refractivity contribution is 5.63. The maximum Gasteiger partial charge on any atom is 0.162 e. The van der Waals surface area contributed by atoms with Crippen molar-refractivity contribution in [1.29, 1.82) is 0 Å². The second-order valence-corrected chi connectivity index (χ2v) is 10.7. The van der Waals surface area contributed by atoms with E-state index in [9.17, 15) is 5.11 Å². The van der Waals surface area contributed by atoms with Gasteiger partial charge in [-0.25, -0.2) is 0 Å². The van der Waals surface area contributed by atoms with Crippen molar-refractivity contribution >= 4 is 5.69 Å². The molecule has 0 saturated carbocycles. The quantitative estimate of drug-likeness (QED) is 0.182. The van der Waals surface area contributed by atoms with E-state index in [1.165, 1.54) is 22.3 Å². The fourth-order valence-electron chi connectivity index (χ4n) is 5.57. The van der Waals surface area contributed by atoms with Gasteiger partial charge in [-0.05, 0) is 111 Å².